The Morgan fingerprint density at radius 2 is 1.74 bits per heavy atom. The average Bonchev–Trinajstić information content (AvgIpc) is 2.79. The molecule has 2 aromatic carbocycles. The van der Waals surface area contributed by atoms with E-state index >= 15 is 0 Å². The van der Waals surface area contributed by atoms with E-state index in [9.17, 15) is 18.0 Å². The van der Waals surface area contributed by atoms with Crippen molar-refractivity contribution in [1.29, 1.82) is 5.26 Å². The summed E-state index contributed by atoms with van der Waals surface area (Å²) in [6.07, 6.45) is -4.70. The van der Waals surface area contributed by atoms with Gasteiger partial charge in [0.1, 0.15) is 5.54 Å². The Kier molecular flexibility index (Phi) is 4.60. The molecule has 0 bridgehead atoms. The predicted octanol–water partition coefficient (Wildman–Crippen LogP) is 4.42. The van der Waals surface area contributed by atoms with Gasteiger partial charge in [0.2, 0.25) is 0 Å². The van der Waals surface area contributed by atoms with Gasteiger partial charge in [0.05, 0.1) is 17.2 Å². The zero-order chi connectivity index (χ0) is 20.0. The van der Waals surface area contributed by atoms with Crippen molar-refractivity contribution in [3.63, 3.8) is 0 Å². The molecule has 1 aliphatic heterocycles. The lowest BCUT2D eigenvalue weighted by atomic mass is 10.0. The summed E-state index contributed by atoms with van der Waals surface area (Å²) in [4.78, 5) is 16.0. The van der Waals surface area contributed by atoms with Gasteiger partial charge in [-0.3, -0.25) is 9.69 Å². The highest BCUT2D eigenvalue weighted by Crippen LogP contribution is 2.42. The van der Waals surface area contributed by atoms with E-state index in [1.807, 2.05) is 30.3 Å². The molecule has 1 unspecified atom stereocenters. The van der Waals surface area contributed by atoms with Crippen LogP contribution in [0.2, 0.25) is 0 Å². The van der Waals surface area contributed by atoms with Gasteiger partial charge in [-0.2, -0.15) is 18.4 Å². The van der Waals surface area contributed by atoms with E-state index in [2.05, 4.69) is 12.6 Å². The highest BCUT2D eigenvalue weighted by molar-refractivity contribution is 7.81. The number of carbonyl (C=O) groups excluding carboxylic acids is 1. The second-order valence-corrected chi connectivity index (χ2v) is 7.09. The molecule has 2 aromatic rings. The van der Waals surface area contributed by atoms with E-state index in [-0.39, 0.29) is 11.6 Å². The molecule has 0 N–H and O–H groups in total. The number of carbonyl (C=O) groups is 1. The van der Waals surface area contributed by atoms with E-state index in [1.165, 1.54) is 11.0 Å². The van der Waals surface area contributed by atoms with Crippen LogP contribution < -0.4 is 9.80 Å². The number of para-hydroxylation sites is 1. The molecule has 4 nitrogen and oxygen atoms in total. The number of alkyl halides is 3. The molecule has 0 aromatic heterocycles. The third-order valence-corrected chi connectivity index (χ3v) is 5.01. The van der Waals surface area contributed by atoms with Gasteiger partial charge in [-0.15, -0.1) is 12.6 Å². The maximum atomic E-state index is 13.3. The third kappa shape index (κ3) is 3.12. The van der Waals surface area contributed by atoms with Crippen LogP contribution in [0.25, 0.3) is 0 Å². The fraction of sp³-hybridized carbons (Fsp3) is 0.263. The predicted molar refractivity (Wildman–Crippen MR) is 99.4 cm³/mol. The third-order valence-electron chi connectivity index (χ3n) is 4.55. The fourth-order valence-corrected chi connectivity index (χ4v) is 3.88. The molecule has 1 heterocycles. The first kappa shape index (κ1) is 19.1. The van der Waals surface area contributed by atoms with Gasteiger partial charge >= 0.3 is 6.18 Å². The summed E-state index contributed by atoms with van der Waals surface area (Å²) in [7, 11) is 0. The van der Waals surface area contributed by atoms with Gasteiger partial charge in [0.25, 0.3) is 5.91 Å². The number of nitriles is 1. The van der Waals surface area contributed by atoms with Gasteiger partial charge in [0.15, 0.2) is 5.50 Å². The number of nitrogens with zero attached hydrogens (tertiary/aromatic N) is 3. The molecule has 1 fully saturated rings. The largest absolute Gasteiger partial charge is 0.417 e. The van der Waals surface area contributed by atoms with Crippen molar-refractivity contribution in [1.82, 2.24) is 0 Å². The molecule has 1 atom stereocenters. The number of thiol groups is 1. The lowest BCUT2D eigenvalue weighted by Crippen LogP contribution is -2.44. The highest BCUT2D eigenvalue weighted by Gasteiger charge is 2.51. The van der Waals surface area contributed by atoms with E-state index in [0.29, 0.717) is 0 Å². The molecule has 8 heteroatoms. The van der Waals surface area contributed by atoms with Gasteiger partial charge in [-0.1, -0.05) is 18.2 Å². The first-order valence-corrected chi connectivity index (χ1v) is 8.58. The molecule has 1 saturated heterocycles. The summed E-state index contributed by atoms with van der Waals surface area (Å²) in [5.74, 6) is -0.385. The summed E-state index contributed by atoms with van der Waals surface area (Å²) in [5, 5.41) is 8.96. The van der Waals surface area contributed by atoms with Gasteiger partial charge in [0, 0.05) is 11.4 Å². The molecule has 0 spiro atoms. The minimum Gasteiger partial charge on any atom is -0.328 e. The van der Waals surface area contributed by atoms with Crippen LogP contribution in [0.1, 0.15) is 25.0 Å². The minimum absolute atomic E-state index is 0.0397. The van der Waals surface area contributed by atoms with Crippen molar-refractivity contribution < 1.29 is 18.0 Å². The number of amides is 1. The molecule has 1 aliphatic rings. The van der Waals surface area contributed by atoms with Crippen LogP contribution >= 0.6 is 12.6 Å². The van der Waals surface area contributed by atoms with Crippen LogP contribution in [-0.4, -0.2) is 16.9 Å². The number of rotatable bonds is 2. The van der Waals surface area contributed by atoms with Crippen LogP contribution in [0.15, 0.2) is 48.5 Å². The van der Waals surface area contributed by atoms with Crippen LogP contribution in [-0.2, 0) is 11.0 Å². The Morgan fingerprint density at radius 3 is 2.30 bits per heavy atom. The zero-order valence-corrected chi connectivity index (χ0v) is 15.4. The average molecular weight is 391 g/mol. The summed E-state index contributed by atoms with van der Waals surface area (Å²) < 4.78 is 39.9. The van der Waals surface area contributed by atoms with E-state index in [0.717, 1.165) is 17.8 Å². The van der Waals surface area contributed by atoms with Crippen LogP contribution in [0.5, 0.6) is 0 Å². The van der Waals surface area contributed by atoms with Gasteiger partial charge < -0.3 is 4.90 Å². The Labute approximate surface area is 160 Å². The smallest absolute Gasteiger partial charge is 0.328 e. The van der Waals surface area contributed by atoms with Gasteiger partial charge in [-0.05, 0) is 44.2 Å². The first-order valence-electron chi connectivity index (χ1n) is 8.06. The monoisotopic (exact) mass is 391 g/mol. The molecule has 27 heavy (non-hydrogen) atoms. The molecule has 3 rings (SSSR count). The topological polar surface area (TPSA) is 47.3 Å². The van der Waals surface area contributed by atoms with E-state index in [4.69, 9.17) is 5.26 Å². The number of hydrogen-bond donors (Lipinski definition) is 1. The van der Waals surface area contributed by atoms with Crippen molar-refractivity contribution in [2.75, 3.05) is 9.80 Å². The minimum atomic E-state index is -4.70. The number of anilines is 2. The van der Waals surface area contributed by atoms with Crippen molar-refractivity contribution in [2.45, 2.75) is 31.1 Å². The molecular weight excluding hydrogens is 375 g/mol. The Balaban J connectivity index is 2.11. The zero-order valence-electron chi connectivity index (χ0n) is 14.5. The van der Waals surface area contributed by atoms with Crippen LogP contribution in [0.4, 0.5) is 24.5 Å². The molecule has 0 radical (unpaired) electrons. The lowest BCUT2D eigenvalue weighted by Gasteiger charge is -2.33. The van der Waals surface area contributed by atoms with Crippen molar-refractivity contribution in [3.8, 4) is 6.07 Å². The van der Waals surface area contributed by atoms with Crippen molar-refractivity contribution in [3.05, 3.63) is 59.7 Å². The summed E-state index contributed by atoms with van der Waals surface area (Å²) >= 11 is 4.52. The summed E-state index contributed by atoms with van der Waals surface area (Å²) in [6.45, 7) is 3.39. The number of benzene rings is 2. The normalized spacial score (nSPS) is 19.3. The lowest BCUT2D eigenvalue weighted by molar-refractivity contribution is -0.137. The van der Waals surface area contributed by atoms with Crippen molar-refractivity contribution >= 4 is 29.9 Å². The van der Waals surface area contributed by atoms with E-state index in [1.54, 1.807) is 24.8 Å². The fourth-order valence-electron chi connectivity index (χ4n) is 3.22. The Bertz CT molecular complexity index is 922. The Morgan fingerprint density at radius 1 is 1.11 bits per heavy atom. The second-order valence-electron chi connectivity index (χ2n) is 6.63. The first-order chi connectivity index (χ1) is 12.6. The standard InChI is InChI=1S/C19H16F3N3OS/c1-18(2)16(26)24(17(27)25(18)13-6-4-3-5-7-13)14-9-8-12(11-23)15(10-14)19(20,21)22/h3-10,17,27H,1-2H3. The van der Waals surface area contributed by atoms with E-state index < -0.39 is 28.3 Å². The molecule has 0 saturated carbocycles. The molecule has 0 aliphatic carbocycles. The summed E-state index contributed by atoms with van der Waals surface area (Å²) in [6, 6.07) is 13.8. The maximum Gasteiger partial charge on any atom is 0.417 e. The Hall–Kier alpha value is -2.66. The molecular formula is C19H16F3N3OS. The maximum absolute atomic E-state index is 13.3. The highest BCUT2D eigenvalue weighted by atomic mass is 32.1. The molecule has 140 valence electrons. The molecule has 1 amide bonds. The van der Waals surface area contributed by atoms with Crippen molar-refractivity contribution in [2.24, 2.45) is 0 Å². The summed E-state index contributed by atoms with van der Waals surface area (Å²) in [5.41, 5.74) is -2.62. The number of halogens is 3. The van der Waals surface area contributed by atoms with Gasteiger partial charge in [-0.25, -0.2) is 0 Å². The van der Waals surface area contributed by atoms with Crippen LogP contribution in [0, 0.1) is 11.3 Å². The quantitative estimate of drug-likeness (QED) is 0.771. The SMILES string of the molecule is CC1(C)C(=O)N(c2ccc(C#N)c(C(F)(F)F)c2)C(S)N1c1ccccc1. The number of hydrogen-bond acceptors (Lipinski definition) is 4. The van der Waals surface area contributed by atoms with Crippen LogP contribution in [0.3, 0.4) is 0 Å². The second kappa shape index (κ2) is 6.50.